The Hall–Kier alpha value is -2.99. The fourth-order valence-corrected chi connectivity index (χ4v) is 2.86. The quantitative estimate of drug-likeness (QED) is 0.617. The highest BCUT2D eigenvalue weighted by atomic mass is 16.1. The van der Waals surface area contributed by atoms with Gasteiger partial charge in [0, 0.05) is 5.39 Å². The molecule has 6 nitrogen and oxygen atoms in total. The van der Waals surface area contributed by atoms with E-state index in [-0.39, 0.29) is 6.04 Å². The predicted octanol–water partition coefficient (Wildman–Crippen LogP) is 2.49. The number of nitrogens with two attached hydrogens (primary N) is 1. The first-order chi connectivity index (χ1) is 12.2. The molecule has 1 amide bonds. The molecule has 4 N–H and O–H groups in total. The van der Waals surface area contributed by atoms with Gasteiger partial charge in [-0.2, -0.15) is 0 Å². The molecule has 2 aromatic carbocycles. The minimum atomic E-state index is -0.495. The zero-order valence-electron chi connectivity index (χ0n) is 14.1. The van der Waals surface area contributed by atoms with Crippen molar-refractivity contribution < 1.29 is 4.79 Å². The van der Waals surface area contributed by atoms with E-state index in [1.165, 1.54) is 11.9 Å². The number of carbonyl (C=O) groups is 1. The number of para-hydroxylation sites is 1. The van der Waals surface area contributed by atoms with Gasteiger partial charge in [0.25, 0.3) is 5.91 Å². The van der Waals surface area contributed by atoms with Crippen LogP contribution in [-0.2, 0) is 0 Å². The van der Waals surface area contributed by atoms with E-state index in [2.05, 4.69) is 32.7 Å². The van der Waals surface area contributed by atoms with Crippen molar-refractivity contribution in [2.24, 2.45) is 5.73 Å². The normalized spacial score (nSPS) is 12.0. The summed E-state index contributed by atoms with van der Waals surface area (Å²) in [6.07, 6.45) is 2.35. The van der Waals surface area contributed by atoms with Crippen molar-refractivity contribution in [1.29, 1.82) is 0 Å². The number of anilines is 1. The third kappa shape index (κ3) is 3.75. The van der Waals surface area contributed by atoms with Gasteiger partial charge in [0.15, 0.2) is 0 Å². The number of hydrogen-bond acceptors (Lipinski definition) is 5. The van der Waals surface area contributed by atoms with Crippen molar-refractivity contribution in [2.45, 2.75) is 12.5 Å². The molecule has 1 heterocycles. The Labute approximate surface area is 146 Å². The molecule has 6 heteroatoms. The number of rotatable bonds is 7. The first-order valence-corrected chi connectivity index (χ1v) is 8.20. The average molecular weight is 335 g/mol. The maximum atomic E-state index is 11.6. The third-order valence-corrected chi connectivity index (χ3v) is 4.13. The van der Waals surface area contributed by atoms with Gasteiger partial charge >= 0.3 is 0 Å². The topological polar surface area (TPSA) is 92.9 Å². The Morgan fingerprint density at radius 1 is 1.12 bits per heavy atom. The molecular formula is C19H21N5O. The maximum Gasteiger partial charge on any atom is 0.250 e. The van der Waals surface area contributed by atoms with E-state index in [4.69, 9.17) is 5.73 Å². The van der Waals surface area contributed by atoms with Gasteiger partial charge in [-0.1, -0.05) is 36.4 Å². The lowest BCUT2D eigenvalue weighted by atomic mass is 10.0. The van der Waals surface area contributed by atoms with Crippen molar-refractivity contribution >= 4 is 22.6 Å². The van der Waals surface area contributed by atoms with Crippen molar-refractivity contribution in [1.82, 2.24) is 15.3 Å². The second-order valence-corrected chi connectivity index (χ2v) is 5.79. The molecule has 1 atom stereocenters. The Bertz CT molecular complexity index is 866. The molecule has 3 aromatic rings. The van der Waals surface area contributed by atoms with Crippen LogP contribution in [0, 0.1) is 0 Å². The standard InChI is InChI=1S/C19H21N5O/c1-21-11-10-16(13-6-3-2-4-7-13)24-19-15-9-5-8-14(18(20)25)17(15)22-12-23-19/h2-9,12,16,21H,10-11H2,1H3,(H2,20,25)(H,22,23,24). The van der Waals surface area contributed by atoms with E-state index < -0.39 is 5.91 Å². The van der Waals surface area contributed by atoms with Gasteiger partial charge in [0.1, 0.15) is 12.1 Å². The molecule has 0 aliphatic heterocycles. The molecule has 0 saturated heterocycles. The van der Waals surface area contributed by atoms with Crippen LogP contribution >= 0.6 is 0 Å². The highest BCUT2D eigenvalue weighted by molar-refractivity contribution is 6.06. The van der Waals surface area contributed by atoms with Crippen molar-refractivity contribution in [3.05, 3.63) is 66.0 Å². The Morgan fingerprint density at radius 2 is 1.92 bits per heavy atom. The zero-order chi connectivity index (χ0) is 17.6. The number of amides is 1. The number of aromatic nitrogens is 2. The minimum Gasteiger partial charge on any atom is -0.366 e. The van der Waals surface area contributed by atoms with Crippen LogP contribution in [-0.4, -0.2) is 29.5 Å². The summed E-state index contributed by atoms with van der Waals surface area (Å²) in [5, 5.41) is 7.46. The van der Waals surface area contributed by atoms with Crippen LogP contribution in [0.2, 0.25) is 0 Å². The Morgan fingerprint density at radius 3 is 2.64 bits per heavy atom. The van der Waals surface area contributed by atoms with Crippen molar-refractivity contribution in [3.63, 3.8) is 0 Å². The number of hydrogen-bond donors (Lipinski definition) is 3. The second kappa shape index (κ2) is 7.72. The SMILES string of the molecule is CNCCC(Nc1ncnc2c(C(N)=O)cccc12)c1ccccc1. The molecule has 0 spiro atoms. The molecule has 1 unspecified atom stereocenters. The summed E-state index contributed by atoms with van der Waals surface area (Å²) in [5.74, 6) is 0.197. The largest absolute Gasteiger partial charge is 0.366 e. The summed E-state index contributed by atoms with van der Waals surface area (Å²) in [5.41, 5.74) is 7.60. The summed E-state index contributed by atoms with van der Waals surface area (Å²) < 4.78 is 0. The fourth-order valence-electron chi connectivity index (χ4n) is 2.86. The summed E-state index contributed by atoms with van der Waals surface area (Å²) >= 11 is 0. The molecule has 128 valence electrons. The Kier molecular flexibility index (Phi) is 5.20. The lowest BCUT2D eigenvalue weighted by molar-refractivity contribution is 0.100. The number of fused-ring (bicyclic) bond motifs is 1. The van der Waals surface area contributed by atoms with Gasteiger partial charge in [0.05, 0.1) is 17.1 Å². The number of nitrogens with one attached hydrogen (secondary N) is 2. The van der Waals surface area contributed by atoms with E-state index >= 15 is 0 Å². The highest BCUT2D eigenvalue weighted by Gasteiger charge is 2.15. The van der Waals surface area contributed by atoms with Gasteiger partial charge in [-0.15, -0.1) is 0 Å². The number of nitrogens with zero attached hydrogens (tertiary/aromatic N) is 2. The summed E-state index contributed by atoms with van der Waals surface area (Å²) in [6, 6.07) is 15.7. The molecule has 0 saturated carbocycles. The van der Waals surface area contributed by atoms with Gasteiger partial charge < -0.3 is 16.4 Å². The van der Waals surface area contributed by atoms with Gasteiger partial charge in [-0.25, -0.2) is 9.97 Å². The molecule has 3 rings (SSSR count). The van der Waals surface area contributed by atoms with Crippen molar-refractivity contribution in [3.8, 4) is 0 Å². The molecule has 0 radical (unpaired) electrons. The number of carbonyl (C=O) groups excluding carboxylic acids is 1. The highest BCUT2D eigenvalue weighted by Crippen LogP contribution is 2.27. The second-order valence-electron chi connectivity index (χ2n) is 5.79. The third-order valence-electron chi connectivity index (χ3n) is 4.13. The van der Waals surface area contributed by atoms with E-state index in [9.17, 15) is 4.79 Å². The monoisotopic (exact) mass is 335 g/mol. The Balaban J connectivity index is 2.00. The van der Waals surface area contributed by atoms with E-state index in [0.717, 1.165) is 18.4 Å². The van der Waals surface area contributed by atoms with Gasteiger partial charge in [-0.05, 0) is 37.7 Å². The van der Waals surface area contributed by atoms with Crippen LogP contribution in [0.3, 0.4) is 0 Å². The van der Waals surface area contributed by atoms with E-state index in [0.29, 0.717) is 16.9 Å². The van der Waals surface area contributed by atoms with Crippen LogP contribution in [0.25, 0.3) is 10.9 Å². The van der Waals surface area contributed by atoms with Crippen LogP contribution in [0.1, 0.15) is 28.4 Å². The smallest absolute Gasteiger partial charge is 0.250 e. The molecule has 0 bridgehead atoms. The van der Waals surface area contributed by atoms with Crippen LogP contribution in [0.15, 0.2) is 54.9 Å². The van der Waals surface area contributed by atoms with Crippen molar-refractivity contribution in [2.75, 3.05) is 18.9 Å². The molecule has 1 aromatic heterocycles. The van der Waals surface area contributed by atoms with Crippen LogP contribution in [0.4, 0.5) is 5.82 Å². The molecule has 25 heavy (non-hydrogen) atoms. The summed E-state index contributed by atoms with van der Waals surface area (Å²) in [4.78, 5) is 20.3. The summed E-state index contributed by atoms with van der Waals surface area (Å²) in [7, 11) is 1.93. The van der Waals surface area contributed by atoms with E-state index in [1.807, 2.05) is 31.3 Å². The maximum absolute atomic E-state index is 11.6. The van der Waals surface area contributed by atoms with E-state index in [1.54, 1.807) is 12.1 Å². The molecule has 0 aliphatic carbocycles. The lowest BCUT2D eigenvalue weighted by Gasteiger charge is -2.20. The van der Waals surface area contributed by atoms with Crippen LogP contribution in [0.5, 0.6) is 0 Å². The summed E-state index contributed by atoms with van der Waals surface area (Å²) in [6.45, 7) is 0.863. The fraction of sp³-hybridized carbons (Fsp3) is 0.211. The number of benzene rings is 2. The first kappa shape index (κ1) is 16.9. The minimum absolute atomic E-state index is 0.0870. The van der Waals surface area contributed by atoms with Crippen LogP contribution < -0.4 is 16.4 Å². The zero-order valence-corrected chi connectivity index (χ0v) is 14.1. The van der Waals surface area contributed by atoms with Gasteiger partial charge in [0.2, 0.25) is 0 Å². The predicted molar refractivity (Wildman–Crippen MR) is 99.4 cm³/mol. The molecule has 0 aliphatic rings. The average Bonchev–Trinajstić information content (AvgIpc) is 2.65. The number of primary amides is 1. The molecular weight excluding hydrogens is 314 g/mol. The van der Waals surface area contributed by atoms with Gasteiger partial charge in [-0.3, -0.25) is 4.79 Å². The first-order valence-electron chi connectivity index (χ1n) is 8.20. The lowest BCUT2D eigenvalue weighted by Crippen LogP contribution is -2.19. The molecule has 0 fully saturated rings.